The molecule has 0 aliphatic carbocycles. The number of ether oxygens (including phenoxy) is 1. The third-order valence-corrected chi connectivity index (χ3v) is 0.775. The lowest BCUT2D eigenvalue weighted by Crippen LogP contribution is -2.23. The molecule has 0 aromatic rings. The Morgan fingerprint density at radius 2 is 1.90 bits per heavy atom. The molecule has 0 radical (unpaired) electrons. The van der Waals surface area contributed by atoms with E-state index in [-0.39, 0.29) is 5.03 Å². The molecule has 0 aliphatic heterocycles. The van der Waals surface area contributed by atoms with Crippen molar-refractivity contribution in [1.82, 2.24) is 0 Å². The Kier molecular flexibility index (Phi) is 2.91. The van der Waals surface area contributed by atoms with E-state index in [0.29, 0.717) is 0 Å². The highest BCUT2D eigenvalue weighted by atomic mass is 35.5. The highest BCUT2D eigenvalue weighted by molar-refractivity contribution is 6.40. The molecule has 0 atom stereocenters. The predicted molar refractivity (Wildman–Crippen MR) is 40.8 cm³/mol. The molecule has 0 rings (SSSR count). The maximum absolute atomic E-state index is 10.7. The van der Waals surface area contributed by atoms with Crippen molar-refractivity contribution in [3.05, 3.63) is 11.6 Å². The van der Waals surface area contributed by atoms with Crippen molar-refractivity contribution < 1.29 is 9.53 Å². The van der Waals surface area contributed by atoms with Gasteiger partial charge in [-0.2, -0.15) is 0 Å². The van der Waals surface area contributed by atoms with Crippen LogP contribution in [0.4, 0.5) is 0 Å². The van der Waals surface area contributed by atoms with Gasteiger partial charge in [0.2, 0.25) is 0 Å². The van der Waals surface area contributed by atoms with Crippen LogP contribution in [0.1, 0.15) is 20.8 Å². The van der Waals surface area contributed by atoms with E-state index < -0.39 is 11.6 Å². The molecular formula is C7H11ClO2. The second-order valence-corrected chi connectivity index (χ2v) is 3.36. The molecule has 0 saturated heterocycles. The van der Waals surface area contributed by atoms with Gasteiger partial charge in [-0.15, -0.1) is 0 Å². The summed E-state index contributed by atoms with van der Waals surface area (Å²) in [6, 6.07) is 0. The van der Waals surface area contributed by atoms with E-state index in [1.807, 2.05) is 0 Å². The largest absolute Gasteiger partial charge is 0.456 e. The van der Waals surface area contributed by atoms with Crippen molar-refractivity contribution in [2.24, 2.45) is 0 Å². The summed E-state index contributed by atoms with van der Waals surface area (Å²) < 4.78 is 4.83. The molecule has 58 valence electrons. The van der Waals surface area contributed by atoms with Gasteiger partial charge in [-0.25, -0.2) is 4.79 Å². The van der Waals surface area contributed by atoms with Gasteiger partial charge >= 0.3 is 5.97 Å². The number of halogens is 1. The second kappa shape index (κ2) is 3.06. The van der Waals surface area contributed by atoms with E-state index in [1.165, 1.54) is 0 Å². The average Bonchev–Trinajstić information content (AvgIpc) is 1.60. The van der Waals surface area contributed by atoms with Crippen LogP contribution in [0.25, 0.3) is 0 Å². The SMILES string of the molecule is C=C(Cl)C(=O)OC(C)(C)C. The molecule has 2 nitrogen and oxygen atoms in total. The van der Waals surface area contributed by atoms with Crippen LogP contribution >= 0.6 is 11.6 Å². The lowest BCUT2D eigenvalue weighted by atomic mass is 10.2. The normalized spacial score (nSPS) is 10.8. The Balaban J connectivity index is 3.93. The zero-order valence-electron chi connectivity index (χ0n) is 6.40. The van der Waals surface area contributed by atoms with Crippen molar-refractivity contribution >= 4 is 17.6 Å². The van der Waals surface area contributed by atoms with Gasteiger partial charge in [-0.05, 0) is 20.8 Å². The average molecular weight is 163 g/mol. The first kappa shape index (κ1) is 9.50. The molecule has 0 aliphatic rings. The maximum atomic E-state index is 10.7. The zero-order valence-corrected chi connectivity index (χ0v) is 7.16. The first-order valence-electron chi connectivity index (χ1n) is 2.90. The summed E-state index contributed by atoms with van der Waals surface area (Å²) in [4.78, 5) is 10.7. The summed E-state index contributed by atoms with van der Waals surface area (Å²) in [5.41, 5.74) is -0.491. The molecule has 0 saturated carbocycles. The molecule has 0 fully saturated rings. The fourth-order valence-corrected chi connectivity index (χ4v) is 0.372. The van der Waals surface area contributed by atoms with Crippen LogP contribution < -0.4 is 0 Å². The minimum absolute atomic E-state index is 0.0880. The summed E-state index contributed by atoms with van der Waals surface area (Å²) in [6.45, 7) is 8.54. The topological polar surface area (TPSA) is 26.3 Å². The summed E-state index contributed by atoms with van der Waals surface area (Å²) in [7, 11) is 0. The summed E-state index contributed by atoms with van der Waals surface area (Å²) >= 11 is 5.27. The van der Waals surface area contributed by atoms with E-state index in [1.54, 1.807) is 20.8 Å². The molecule has 10 heavy (non-hydrogen) atoms. The summed E-state index contributed by atoms with van der Waals surface area (Å²) in [6.07, 6.45) is 0. The molecule has 0 aromatic heterocycles. The zero-order chi connectivity index (χ0) is 8.36. The van der Waals surface area contributed by atoms with Gasteiger partial charge in [-0.3, -0.25) is 0 Å². The maximum Gasteiger partial charge on any atom is 0.349 e. The van der Waals surface area contributed by atoms with Crippen molar-refractivity contribution in [3.8, 4) is 0 Å². The molecule has 0 spiro atoms. The predicted octanol–water partition coefficient (Wildman–Crippen LogP) is 2.08. The smallest absolute Gasteiger partial charge is 0.349 e. The van der Waals surface area contributed by atoms with Crippen LogP contribution in [0, 0.1) is 0 Å². The third-order valence-electron chi connectivity index (χ3n) is 0.620. The number of esters is 1. The van der Waals surface area contributed by atoms with E-state index in [2.05, 4.69) is 6.58 Å². The highest BCUT2D eigenvalue weighted by Crippen LogP contribution is 2.11. The summed E-state index contributed by atoms with van der Waals surface area (Å²) in [5, 5.41) is -0.0880. The van der Waals surface area contributed by atoms with Gasteiger partial charge in [0.25, 0.3) is 0 Å². The van der Waals surface area contributed by atoms with Gasteiger partial charge in [0.1, 0.15) is 10.6 Å². The van der Waals surface area contributed by atoms with Crippen LogP contribution in [0.5, 0.6) is 0 Å². The number of rotatable bonds is 1. The van der Waals surface area contributed by atoms with Crippen molar-refractivity contribution in [2.75, 3.05) is 0 Å². The van der Waals surface area contributed by atoms with Gasteiger partial charge in [0, 0.05) is 0 Å². The monoisotopic (exact) mass is 162 g/mol. The van der Waals surface area contributed by atoms with E-state index in [0.717, 1.165) is 0 Å². The molecular weight excluding hydrogens is 152 g/mol. The minimum atomic E-state index is -0.561. The van der Waals surface area contributed by atoms with Crippen LogP contribution in [0.15, 0.2) is 11.6 Å². The van der Waals surface area contributed by atoms with Crippen LogP contribution in [-0.2, 0) is 9.53 Å². The Bertz CT molecular complexity index is 155. The second-order valence-electron chi connectivity index (χ2n) is 2.91. The minimum Gasteiger partial charge on any atom is -0.456 e. The van der Waals surface area contributed by atoms with Gasteiger partial charge in [0.05, 0.1) is 0 Å². The molecule has 0 unspecified atom stereocenters. The van der Waals surface area contributed by atoms with Crippen LogP contribution in [0.3, 0.4) is 0 Å². The lowest BCUT2D eigenvalue weighted by molar-refractivity contribution is -0.148. The Labute approximate surface area is 65.8 Å². The molecule has 3 heteroatoms. The van der Waals surface area contributed by atoms with Crippen LogP contribution in [-0.4, -0.2) is 11.6 Å². The molecule has 0 bridgehead atoms. The van der Waals surface area contributed by atoms with E-state index >= 15 is 0 Å². The van der Waals surface area contributed by atoms with Gasteiger partial charge in [-0.1, -0.05) is 18.2 Å². The van der Waals surface area contributed by atoms with Gasteiger partial charge in [0.15, 0.2) is 0 Å². The van der Waals surface area contributed by atoms with Gasteiger partial charge < -0.3 is 4.74 Å². The fraction of sp³-hybridized carbons (Fsp3) is 0.571. The Morgan fingerprint density at radius 3 is 2.00 bits per heavy atom. The fourth-order valence-electron chi connectivity index (χ4n) is 0.333. The highest BCUT2D eigenvalue weighted by Gasteiger charge is 2.16. The first-order chi connectivity index (χ1) is 4.33. The number of hydrogen-bond donors (Lipinski definition) is 0. The number of carbonyl (C=O) groups is 1. The van der Waals surface area contributed by atoms with Crippen LogP contribution in [0.2, 0.25) is 0 Å². The quantitative estimate of drug-likeness (QED) is 0.436. The van der Waals surface area contributed by atoms with E-state index in [4.69, 9.17) is 16.3 Å². The molecule has 0 N–H and O–H groups in total. The molecule has 0 amide bonds. The Morgan fingerprint density at radius 1 is 1.50 bits per heavy atom. The van der Waals surface area contributed by atoms with Crippen molar-refractivity contribution in [3.63, 3.8) is 0 Å². The van der Waals surface area contributed by atoms with Crippen molar-refractivity contribution in [2.45, 2.75) is 26.4 Å². The Hall–Kier alpha value is -0.500. The first-order valence-corrected chi connectivity index (χ1v) is 3.28. The third kappa shape index (κ3) is 4.39. The number of hydrogen-bond acceptors (Lipinski definition) is 2. The van der Waals surface area contributed by atoms with Crippen molar-refractivity contribution in [1.29, 1.82) is 0 Å². The number of carbonyl (C=O) groups excluding carboxylic acids is 1. The summed E-state index contributed by atoms with van der Waals surface area (Å²) in [5.74, 6) is -0.561. The standard InChI is InChI=1S/C7H11ClO2/c1-5(8)6(9)10-7(2,3)4/h1H2,2-4H3. The molecule has 0 aromatic carbocycles. The molecule has 0 heterocycles. The lowest BCUT2D eigenvalue weighted by Gasteiger charge is -2.18. The van der Waals surface area contributed by atoms with E-state index in [9.17, 15) is 4.79 Å².